The highest BCUT2D eigenvalue weighted by atomic mass is 16.5. The highest BCUT2D eigenvalue weighted by Crippen LogP contribution is 2.28. The van der Waals surface area contributed by atoms with Gasteiger partial charge in [0.2, 0.25) is 6.35 Å². The van der Waals surface area contributed by atoms with Gasteiger partial charge in [-0.3, -0.25) is 10.3 Å². The molecule has 0 aromatic heterocycles. The van der Waals surface area contributed by atoms with E-state index in [2.05, 4.69) is 21.1 Å². The van der Waals surface area contributed by atoms with Crippen LogP contribution in [0.4, 0.5) is 10.5 Å². The Morgan fingerprint density at radius 2 is 2.16 bits per heavy atom. The number of hydrogen-bond donors (Lipinski definition) is 4. The Labute approximate surface area is 146 Å². The zero-order valence-corrected chi connectivity index (χ0v) is 14.2. The predicted octanol–water partition coefficient (Wildman–Crippen LogP) is 1.16. The molecule has 2 aliphatic heterocycles. The van der Waals surface area contributed by atoms with Crippen LogP contribution in [0.3, 0.4) is 0 Å². The lowest BCUT2D eigenvalue weighted by Gasteiger charge is -2.25. The highest BCUT2D eigenvalue weighted by Gasteiger charge is 2.33. The summed E-state index contributed by atoms with van der Waals surface area (Å²) in [5.41, 5.74) is 11.5. The van der Waals surface area contributed by atoms with Crippen LogP contribution >= 0.6 is 0 Å². The molecular formula is C17H22N6O2. The number of urea groups is 1. The fourth-order valence-corrected chi connectivity index (χ4v) is 2.79. The van der Waals surface area contributed by atoms with E-state index in [4.69, 9.17) is 10.5 Å². The van der Waals surface area contributed by atoms with E-state index in [0.717, 1.165) is 16.8 Å². The first-order valence-corrected chi connectivity index (χ1v) is 8.09. The molecule has 0 saturated heterocycles. The first-order valence-electron chi connectivity index (χ1n) is 8.09. The fraction of sp³-hybridized carbons (Fsp3) is 0.294. The maximum atomic E-state index is 11.4. The van der Waals surface area contributed by atoms with Gasteiger partial charge < -0.3 is 15.8 Å². The molecule has 0 bridgehead atoms. The second-order valence-corrected chi connectivity index (χ2v) is 5.65. The molecule has 0 fully saturated rings. The molecule has 2 aliphatic rings. The smallest absolute Gasteiger partial charge is 0.317 e. The van der Waals surface area contributed by atoms with Gasteiger partial charge in [0, 0.05) is 24.6 Å². The van der Waals surface area contributed by atoms with Gasteiger partial charge in [0.05, 0.1) is 11.7 Å². The van der Waals surface area contributed by atoms with Gasteiger partial charge in [0.1, 0.15) is 5.82 Å². The number of nitrogens with one attached hydrogen (secondary N) is 3. The quantitative estimate of drug-likeness (QED) is 0.643. The minimum absolute atomic E-state index is 0.152. The van der Waals surface area contributed by atoms with Crippen molar-refractivity contribution in [2.45, 2.75) is 26.2 Å². The van der Waals surface area contributed by atoms with Crippen LogP contribution in [0.2, 0.25) is 0 Å². The summed E-state index contributed by atoms with van der Waals surface area (Å²) in [6.07, 6.45) is 3.27. The maximum Gasteiger partial charge on any atom is 0.317 e. The maximum absolute atomic E-state index is 11.4. The summed E-state index contributed by atoms with van der Waals surface area (Å²) in [5.74, 6) is 0.616. The number of hydrazine groups is 1. The van der Waals surface area contributed by atoms with Crippen LogP contribution < -0.4 is 26.8 Å². The normalized spacial score (nSPS) is 22.6. The molecule has 8 nitrogen and oxygen atoms in total. The van der Waals surface area contributed by atoms with Crippen LogP contribution in [-0.4, -0.2) is 31.2 Å². The molecule has 0 spiro atoms. The average Bonchev–Trinajstić information content (AvgIpc) is 2.93. The van der Waals surface area contributed by atoms with Gasteiger partial charge in [-0.1, -0.05) is 18.2 Å². The molecule has 0 saturated carbocycles. The van der Waals surface area contributed by atoms with Crippen molar-refractivity contribution < 1.29 is 9.53 Å². The van der Waals surface area contributed by atoms with Gasteiger partial charge in [-0.15, -0.1) is 0 Å². The highest BCUT2D eigenvalue weighted by molar-refractivity contribution is 5.83. The summed E-state index contributed by atoms with van der Waals surface area (Å²) in [5, 5.41) is 7.62. The molecule has 25 heavy (non-hydrogen) atoms. The number of primary amides is 1. The third-order valence-corrected chi connectivity index (χ3v) is 3.95. The number of nitrogens with zero attached hydrogens (tertiary/aromatic N) is 2. The number of hydrogen-bond acceptors (Lipinski definition) is 6. The molecule has 8 heteroatoms. The molecule has 2 atom stereocenters. The summed E-state index contributed by atoms with van der Waals surface area (Å²) < 4.78 is 5.41. The number of aliphatic imine (C=N–C) groups is 1. The average molecular weight is 342 g/mol. The second kappa shape index (κ2) is 7.37. The summed E-state index contributed by atoms with van der Waals surface area (Å²) in [4.78, 5) is 15.8. The number of amides is 2. The fourth-order valence-electron chi connectivity index (χ4n) is 2.79. The number of carbonyl (C=O) groups is 1. The Morgan fingerprint density at radius 1 is 1.40 bits per heavy atom. The Bertz CT molecular complexity index is 728. The number of anilines is 1. The summed E-state index contributed by atoms with van der Waals surface area (Å²) >= 11 is 0. The lowest BCUT2D eigenvalue weighted by atomic mass is 10.0. The Morgan fingerprint density at radius 3 is 2.76 bits per heavy atom. The third-order valence-electron chi connectivity index (χ3n) is 3.95. The van der Waals surface area contributed by atoms with Gasteiger partial charge in [0.25, 0.3) is 0 Å². The first kappa shape index (κ1) is 17.0. The standard InChI is InChI=1S/C17H22N6O2/c1-3-25-17-19-9-12(10-20-17)14-11(2)15(21-16(18)24)23(22-14)13-7-5-4-6-8-13/h4-10,14,17,19,22H,3H2,1-2H3,(H3,18,21,24). The molecular weight excluding hydrogens is 320 g/mol. The Kier molecular flexibility index (Phi) is 5.01. The lowest BCUT2D eigenvalue weighted by Crippen LogP contribution is -2.44. The minimum Gasteiger partial charge on any atom is -0.351 e. The van der Waals surface area contributed by atoms with Crippen molar-refractivity contribution in [3.05, 3.63) is 53.5 Å². The van der Waals surface area contributed by atoms with Crippen molar-refractivity contribution >= 4 is 17.9 Å². The molecule has 1 aromatic rings. The molecule has 3 rings (SSSR count). The number of carbonyl (C=O) groups excluding carboxylic acids is 1. The number of para-hydroxylation sites is 1. The van der Waals surface area contributed by atoms with Crippen LogP contribution in [-0.2, 0) is 4.74 Å². The number of rotatable bonds is 5. The molecule has 132 valence electrons. The number of ether oxygens (including phenoxy) is 1. The van der Waals surface area contributed by atoms with Gasteiger partial charge in [0.15, 0.2) is 0 Å². The van der Waals surface area contributed by atoms with Crippen molar-refractivity contribution in [3.8, 4) is 0 Å². The summed E-state index contributed by atoms with van der Waals surface area (Å²) in [6, 6.07) is 8.91. The van der Waals surface area contributed by atoms with Gasteiger partial charge >= 0.3 is 6.03 Å². The Hall–Kier alpha value is -2.84. The van der Waals surface area contributed by atoms with Gasteiger partial charge in [-0.05, 0) is 31.6 Å². The number of benzene rings is 1. The zero-order valence-electron chi connectivity index (χ0n) is 14.2. The van der Waals surface area contributed by atoms with Crippen LogP contribution in [0, 0.1) is 0 Å². The van der Waals surface area contributed by atoms with Crippen LogP contribution in [0.25, 0.3) is 0 Å². The minimum atomic E-state index is -0.612. The second-order valence-electron chi connectivity index (χ2n) is 5.65. The van der Waals surface area contributed by atoms with Crippen molar-refractivity contribution in [1.82, 2.24) is 16.1 Å². The Balaban J connectivity index is 1.86. The topological polar surface area (TPSA) is 104 Å². The number of nitrogens with two attached hydrogens (primary N) is 1. The van der Waals surface area contributed by atoms with Gasteiger partial charge in [-0.2, -0.15) is 0 Å². The van der Waals surface area contributed by atoms with E-state index < -0.39 is 6.03 Å². The van der Waals surface area contributed by atoms with E-state index >= 15 is 0 Å². The molecule has 0 aliphatic carbocycles. The first-order chi connectivity index (χ1) is 12.1. The van der Waals surface area contributed by atoms with Crippen molar-refractivity contribution in [1.29, 1.82) is 0 Å². The van der Waals surface area contributed by atoms with Crippen LogP contribution in [0.5, 0.6) is 0 Å². The molecule has 2 unspecified atom stereocenters. The lowest BCUT2D eigenvalue weighted by molar-refractivity contribution is 0.0542. The SMILES string of the molecule is CCOC1N=CC(C2NN(c3ccccc3)C(NC(N)=O)=C2C)=CN1. The van der Waals surface area contributed by atoms with E-state index in [-0.39, 0.29) is 12.4 Å². The van der Waals surface area contributed by atoms with Crippen molar-refractivity contribution in [2.24, 2.45) is 10.7 Å². The van der Waals surface area contributed by atoms with E-state index in [1.807, 2.05) is 55.4 Å². The monoisotopic (exact) mass is 342 g/mol. The summed E-state index contributed by atoms with van der Waals surface area (Å²) in [6.45, 7) is 4.43. The molecule has 5 N–H and O–H groups in total. The molecule has 0 radical (unpaired) electrons. The predicted molar refractivity (Wildman–Crippen MR) is 96.4 cm³/mol. The largest absolute Gasteiger partial charge is 0.351 e. The molecule has 1 aromatic carbocycles. The van der Waals surface area contributed by atoms with Gasteiger partial charge in [-0.25, -0.2) is 15.2 Å². The molecule has 2 amide bonds. The van der Waals surface area contributed by atoms with E-state index in [1.54, 1.807) is 6.21 Å². The van der Waals surface area contributed by atoms with Crippen LogP contribution in [0.15, 0.2) is 58.5 Å². The van der Waals surface area contributed by atoms with E-state index in [1.165, 1.54) is 0 Å². The van der Waals surface area contributed by atoms with Crippen molar-refractivity contribution in [2.75, 3.05) is 11.6 Å². The molecule has 2 heterocycles. The summed E-state index contributed by atoms with van der Waals surface area (Å²) in [7, 11) is 0. The van der Waals surface area contributed by atoms with E-state index in [9.17, 15) is 4.79 Å². The van der Waals surface area contributed by atoms with Crippen LogP contribution in [0.1, 0.15) is 13.8 Å². The third kappa shape index (κ3) is 3.65. The van der Waals surface area contributed by atoms with Crippen molar-refractivity contribution in [3.63, 3.8) is 0 Å². The zero-order chi connectivity index (χ0) is 17.8. The van der Waals surface area contributed by atoms with E-state index in [0.29, 0.717) is 12.4 Å².